The second-order valence-electron chi connectivity index (χ2n) is 8.21. The van der Waals surface area contributed by atoms with Crippen LogP contribution in [0.25, 0.3) is 0 Å². The maximum Gasteiger partial charge on any atom is 0.235 e. The number of ether oxygens (including phenoxy) is 2. The molecule has 168 valence electrons. The number of carbonyl (C=O) groups is 1. The predicted molar refractivity (Wildman–Crippen MR) is 120 cm³/mol. The van der Waals surface area contributed by atoms with E-state index < -0.39 is 21.5 Å². The zero-order valence-corrected chi connectivity index (χ0v) is 19.6. The summed E-state index contributed by atoms with van der Waals surface area (Å²) in [7, 11) is -2.07. The SMILES string of the molecule is COc1ccc2c(c1)[C@H](NC(=O)CN(Cc1ccccc1Cl)S(C)(=O)=O)CC(C)(C)O2. The van der Waals surface area contributed by atoms with E-state index in [0.29, 0.717) is 28.5 Å². The van der Waals surface area contributed by atoms with Gasteiger partial charge < -0.3 is 14.8 Å². The van der Waals surface area contributed by atoms with Gasteiger partial charge in [0.25, 0.3) is 0 Å². The summed E-state index contributed by atoms with van der Waals surface area (Å²) in [5.74, 6) is 0.908. The van der Waals surface area contributed by atoms with E-state index in [1.54, 1.807) is 37.4 Å². The van der Waals surface area contributed by atoms with Gasteiger partial charge in [0.1, 0.15) is 17.1 Å². The summed E-state index contributed by atoms with van der Waals surface area (Å²) in [5.41, 5.74) is 0.932. The first-order chi connectivity index (χ1) is 14.5. The molecule has 2 aromatic carbocycles. The largest absolute Gasteiger partial charge is 0.497 e. The van der Waals surface area contributed by atoms with Crippen molar-refractivity contribution in [1.82, 2.24) is 9.62 Å². The van der Waals surface area contributed by atoms with Gasteiger partial charge in [-0.25, -0.2) is 8.42 Å². The number of fused-ring (bicyclic) bond motifs is 1. The Balaban J connectivity index is 1.80. The number of amides is 1. The van der Waals surface area contributed by atoms with Gasteiger partial charge in [0.05, 0.1) is 26.0 Å². The molecule has 9 heteroatoms. The normalized spacial score (nSPS) is 17.5. The van der Waals surface area contributed by atoms with Gasteiger partial charge in [-0.05, 0) is 43.7 Å². The van der Waals surface area contributed by atoms with Crippen LogP contribution in [0.15, 0.2) is 42.5 Å². The molecule has 1 aliphatic heterocycles. The molecule has 1 atom stereocenters. The molecule has 1 aliphatic rings. The smallest absolute Gasteiger partial charge is 0.235 e. The summed E-state index contributed by atoms with van der Waals surface area (Å²) < 4.78 is 37.1. The molecule has 0 unspecified atom stereocenters. The van der Waals surface area contributed by atoms with E-state index in [0.717, 1.165) is 16.1 Å². The third kappa shape index (κ3) is 5.90. The lowest BCUT2D eigenvalue weighted by Crippen LogP contribution is -2.45. The van der Waals surface area contributed by atoms with Crippen LogP contribution in [0.1, 0.15) is 37.4 Å². The van der Waals surface area contributed by atoms with E-state index in [-0.39, 0.29) is 19.1 Å². The van der Waals surface area contributed by atoms with Gasteiger partial charge in [0.15, 0.2) is 0 Å². The molecule has 0 aromatic heterocycles. The average molecular weight is 467 g/mol. The van der Waals surface area contributed by atoms with Gasteiger partial charge in [-0.1, -0.05) is 29.8 Å². The van der Waals surface area contributed by atoms with Crippen LogP contribution in [-0.2, 0) is 21.4 Å². The number of nitrogens with zero attached hydrogens (tertiary/aromatic N) is 1. The summed E-state index contributed by atoms with van der Waals surface area (Å²) in [5, 5.41) is 3.42. The van der Waals surface area contributed by atoms with E-state index in [1.165, 1.54) is 0 Å². The van der Waals surface area contributed by atoms with Crippen LogP contribution in [0.4, 0.5) is 0 Å². The van der Waals surface area contributed by atoms with E-state index in [9.17, 15) is 13.2 Å². The number of benzene rings is 2. The fourth-order valence-electron chi connectivity index (χ4n) is 3.60. The van der Waals surface area contributed by atoms with E-state index in [1.807, 2.05) is 26.0 Å². The number of hydrogen-bond acceptors (Lipinski definition) is 5. The second-order valence-corrected chi connectivity index (χ2v) is 10.6. The highest BCUT2D eigenvalue weighted by Gasteiger charge is 2.35. The quantitative estimate of drug-likeness (QED) is 0.674. The summed E-state index contributed by atoms with van der Waals surface area (Å²) in [6, 6.07) is 12.1. The summed E-state index contributed by atoms with van der Waals surface area (Å²) in [4.78, 5) is 12.9. The van der Waals surface area contributed by atoms with Crippen molar-refractivity contribution in [3.63, 3.8) is 0 Å². The number of rotatable bonds is 7. The van der Waals surface area contributed by atoms with Crippen LogP contribution < -0.4 is 14.8 Å². The molecule has 0 spiro atoms. The molecule has 1 N–H and O–H groups in total. The molecule has 0 aliphatic carbocycles. The molecule has 0 saturated carbocycles. The Kier molecular flexibility index (Phi) is 6.83. The monoisotopic (exact) mass is 466 g/mol. The van der Waals surface area contributed by atoms with Crippen LogP contribution in [0.2, 0.25) is 5.02 Å². The Morgan fingerprint density at radius 2 is 2.00 bits per heavy atom. The molecule has 1 amide bonds. The standard InChI is InChI=1S/C22H27ClN2O5S/c1-22(2)12-19(17-11-16(29-3)9-10-20(17)30-22)24-21(26)14-25(31(4,27)28)13-15-7-5-6-8-18(15)23/h5-11,19H,12-14H2,1-4H3,(H,24,26)/t19-/m1/s1. The molecule has 1 heterocycles. The molecule has 31 heavy (non-hydrogen) atoms. The zero-order valence-electron chi connectivity index (χ0n) is 18.0. The highest BCUT2D eigenvalue weighted by atomic mass is 35.5. The number of carbonyl (C=O) groups excluding carboxylic acids is 1. The molecule has 3 rings (SSSR count). The third-order valence-electron chi connectivity index (χ3n) is 5.10. The number of methoxy groups -OCH3 is 1. The molecular formula is C22H27ClN2O5S. The van der Waals surface area contributed by atoms with Gasteiger partial charge in [-0.15, -0.1) is 0 Å². The molecule has 0 radical (unpaired) electrons. The average Bonchev–Trinajstić information content (AvgIpc) is 2.67. The summed E-state index contributed by atoms with van der Waals surface area (Å²) in [6.45, 7) is 3.58. The lowest BCUT2D eigenvalue weighted by molar-refractivity contribution is -0.122. The number of hydrogen-bond donors (Lipinski definition) is 1. The summed E-state index contributed by atoms with van der Waals surface area (Å²) >= 11 is 6.18. The van der Waals surface area contributed by atoms with Gasteiger partial charge in [-0.3, -0.25) is 4.79 Å². The first kappa shape index (κ1) is 23.4. The Bertz CT molecular complexity index is 1070. The van der Waals surface area contributed by atoms with Crippen molar-refractivity contribution >= 4 is 27.5 Å². The molecule has 2 aromatic rings. The predicted octanol–water partition coefficient (Wildman–Crippen LogP) is 3.53. The summed E-state index contributed by atoms with van der Waals surface area (Å²) in [6.07, 6.45) is 1.61. The van der Waals surface area contributed by atoms with Crippen LogP contribution in [0.5, 0.6) is 11.5 Å². The van der Waals surface area contributed by atoms with Gasteiger partial charge in [0.2, 0.25) is 15.9 Å². The van der Waals surface area contributed by atoms with Crippen molar-refractivity contribution in [2.75, 3.05) is 19.9 Å². The third-order valence-corrected chi connectivity index (χ3v) is 6.67. The Morgan fingerprint density at radius 3 is 2.65 bits per heavy atom. The lowest BCUT2D eigenvalue weighted by atomic mass is 9.89. The van der Waals surface area contributed by atoms with Crippen LogP contribution in [0.3, 0.4) is 0 Å². The first-order valence-electron chi connectivity index (χ1n) is 9.83. The van der Waals surface area contributed by atoms with Crippen molar-refractivity contribution < 1.29 is 22.7 Å². The highest BCUT2D eigenvalue weighted by molar-refractivity contribution is 7.88. The van der Waals surface area contributed by atoms with Crippen molar-refractivity contribution in [3.8, 4) is 11.5 Å². The van der Waals surface area contributed by atoms with E-state index in [2.05, 4.69) is 5.32 Å². The maximum atomic E-state index is 12.9. The van der Waals surface area contributed by atoms with Gasteiger partial charge in [-0.2, -0.15) is 4.31 Å². The Hall–Kier alpha value is -2.29. The Morgan fingerprint density at radius 1 is 1.29 bits per heavy atom. The minimum absolute atomic E-state index is 0.00953. The molecular weight excluding hydrogens is 440 g/mol. The van der Waals surface area contributed by atoms with E-state index >= 15 is 0 Å². The van der Waals surface area contributed by atoms with Crippen molar-refractivity contribution in [2.24, 2.45) is 0 Å². The topological polar surface area (TPSA) is 84.9 Å². The molecule has 0 saturated heterocycles. The molecule has 0 fully saturated rings. The number of sulfonamides is 1. The zero-order chi connectivity index (χ0) is 22.8. The van der Waals surface area contributed by atoms with Crippen LogP contribution >= 0.6 is 11.6 Å². The minimum atomic E-state index is -3.64. The van der Waals surface area contributed by atoms with Gasteiger partial charge in [0, 0.05) is 23.6 Å². The van der Waals surface area contributed by atoms with Crippen LogP contribution in [-0.4, -0.2) is 44.1 Å². The lowest BCUT2D eigenvalue weighted by Gasteiger charge is -2.38. The van der Waals surface area contributed by atoms with Crippen molar-refractivity contribution in [3.05, 3.63) is 58.6 Å². The van der Waals surface area contributed by atoms with E-state index in [4.69, 9.17) is 21.1 Å². The maximum absolute atomic E-state index is 12.9. The number of halogens is 1. The van der Waals surface area contributed by atoms with Crippen LogP contribution in [0, 0.1) is 0 Å². The van der Waals surface area contributed by atoms with Gasteiger partial charge >= 0.3 is 0 Å². The fourth-order valence-corrected chi connectivity index (χ4v) is 4.52. The van der Waals surface area contributed by atoms with Crippen molar-refractivity contribution in [2.45, 2.75) is 38.5 Å². The second kappa shape index (κ2) is 9.06. The number of nitrogens with one attached hydrogen (secondary N) is 1. The van der Waals surface area contributed by atoms with Crippen molar-refractivity contribution in [1.29, 1.82) is 0 Å². The fraction of sp³-hybridized carbons (Fsp3) is 0.409. The highest BCUT2D eigenvalue weighted by Crippen LogP contribution is 2.41. The molecule has 0 bridgehead atoms. The minimum Gasteiger partial charge on any atom is -0.497 e. The first-order valence-corrected chi connectivity index (χ1v) is 12.1. The molecule has 7 nitrogen and oxygen atoms in total. The Labute approximate surface area is 188 Å².